The zero-order valence-corrected chi connectivity index (χ0v) is 11.8. The summed E-state index contributed by atoms with van der Waals surface area (Å²) in [6.07, 6.45) is 0.329. The van der Waals surface area contributed by atoms with E-state index < -0.39 is 0 Å². The fourth-order valence-corrected chi connectivity index (χ4v) is 1.91. The topological polar surface area (TPSA) is 38.3 Å². The smallest absolute Gasteiger partial charge is 0.247 e. The van der Waals surface area contributed by atoms with Crippen molar-refractivity contribution in [1.29, 1.82) is 0 Å². The molecule has 2 aromatic rings. The number of aryl methyl sites for hydroxylation is 2. The van der Waals surface area contributed by atoms with E-state index in [2.05, 4.69) is 12.4 Å². The van der Waals surface area contributed by atoms with Crippen molar-refractivity contribution in [3.63, 3.8) is 0 Å². The van der Waals surface area contributed by atoms with Gasteiger partial charge in [0.2, 0.25) is 5.91 Å². The lowest BCUT2D eigenvalue weighted by Gasteiger charge is -2.07. The van der Waals surface area contributed by atoms with Gasteiger partial charge in [0.1, 0.15) is 0 Å². The van der Waals surface area contributed by atoms with E-state index in [9.17, 15) is 4.79 Å². The Hall–Kier alpha value is -2.13. The predicted octanol–water partition coefficient (Wildman–Crippen LogP) is 3.09. The lowest BCUT2D eigenvalue weighted by atomic mass is 10.0. The minimum absolute atomic E-state index is 0.135. The Balaban J connectivity index is 1.79. The summed E-state index contributed by atoms with van der Waals surface area (Å²) < 4.78 is 0. The van der Waals surface area contributed by atoms with E-state index in [-0.39, 0.29) is 5.91 Å². The molecule has 0 unspecified atom stereocenters. The number of nitrogens with one attached hydrogen (secondary N) is 1. The highest BCUT2D eigenvalue weighted by Crippen LogP contribution is 2.10. The maximum absolute atomic E-state index is 11.8. The third-order valence-electron chi connectivity index (χ3n) is 3.20. The van der Waals surface area contributed by atoms with Crippen molar-refractivity contribution in [3.05, 3.63) is 70.8 Å². The van der Waals surface area contributed by atoms with Crippen molar-refractivity contribution in [2.75, 3.05) is 0 Å². The van der Waals surface area contributed by atoms with Crippen LogP contribution in [0.1, 0.15) is 22.3 Å². The van der Waals surface area contributed by atoms with Gasteiger partial charge in [-0.2, -0.15) is 0 Å². The second kappa shape index (κ2) is 6.87. The molecule has 1 N–H and O–H groups in total. The van der Waals surface area contributed by atoms with Crippen LogP contribution in [0.3, 0.4) is 0 Å². The third-order valence-corrected chi connectivity index (χ3v) is 3.20. The van der Waals surface area contributed by atoms with Crippen molar-refractivity contribution in [2.24, 2.45) is 0 Å². The van der Waals surface area contributed by atoms with Crippen molar-refractivity contribution >= 4 is 5.91 Å². The van der Waals surface area contributed by atoms with Crippen LogP contribution in [0.15, 0.2) is 48.5 Å². The zero-order chi connectivity index (χ0) is 14.4. The van der Waals surface area contributed by atoms with Crippen LogP contribution in [0.25, 0.3) is 0 Å². The molecule has 0 fully saturated rings. The first-order valence-corrected chi connectivity index (χ1v) is 6.66. The van der Waals surface area contributed by atoms with E-state index >= 15 is 0 Å². The highest BCUT2D eigenvalue weighted by atomic mass is 16.6. The molecule has 2 aromatic carbocycles. The minimum atomic E-state index is -0.135. The summed E-state index contributed by atoms with van der Waals surface area (Å²) in [6.45, 7) is 4.48. The van der Waals surface area contributed by atoms with Gasteiger partial charge in [0, 0.05) is 0 Å². The van der Waals surface area contributed by atoms with Gasteiger partial charge in [-0.25, -0.2) is 5.48 Å². The van der Waals surface area contributed by atoms with Crippen LogP contribution in [-0.2, 0) is 22.7 Å². The van der Waals surface area contributed by atoms with E-state index in [0.29, 0.717) is 13.0 Å². The number of carbonyl (C=O) groups excluding carboxylic acids is 1. The third kappa shape index (κ3) is 4.21. The molecule has 20 heavy (non-hydrogen) atoms. The Bertz CT molecular complexity index is 579. The summed E-state index contributed by atoms with van der Waals surface area (Å²) in [5.74, 6) is -0.135. The van der Waals surface area contributed by atoms with Gasteiger partial charge < -0.3 is 0 Å². The van der Waals surface area contributed by atoms with E-state index in [1.54, 1.807) is 0 Å². The Morgan fingerprint density at radius 1 is 1.00 bits per heavy atom. The normalized spacial score (nSPS) is 10.3. The van der Waals surface area contributed by atoms with E-state index in [4.69, 9.17) is 4.84 Å². The lowest BCUT2D eigenvalue weighted by Crippen LogP contribution is -2.25. The molecule has 0 aliphatic carbocycles. The highest BCUT2D eigenvalue weighted by molar-refractivity contribution is 5.77. The molecule has 0 saturated heterocycles. The van der Waals surface area contributed by atoms with Gasteiger partial charge >= 0.3 is 0 Å². The summed E-state index contributed by atoms with van der Waals surface area (Å²) in [6, 6.07) is 15.8. The van der Waals surface area contributed by atoms with E-state index in [0.717, 1.165) is 11.1 Å². The fourth-order valence-electron chi connectivity index (χ4n) is 1.91. The molecule has 1 amide bonds. The van der Waals surface area contributed by atoms with Gasteiger partial charge in [0.15, 0.2) is 0 Å². The molecule has 3 nitrogen and oxygen atoms in total. The van der Waals surface area contributed by atoms with Crippen LogP contribution in [0.5, 0.6) is 0 Å². The molecule has 0 radical (unpaired) electrons. The second-order valence-electron chi connectivity index (χ2n) is 4.89. The SMILES string of the molecule is Cc1ccc(CC(=O)NOCc2ccccc2)cc1C. The van der Waals surface area contributed by atoms with Crippen molar-refractivity contribution in [1.82, 2.24) is 5.48 Å². The molecule has 104 valence electrons. The number of hydroxylamine groups is 1. The average Bonchev–Trinajstić information content (AvgIpc) is 2.44. The van der Waals surface area contributed by atoms with Crippen LogP contribution in [-0.4, -0.2) is 5.91 Å². The maximum Gasteiger partial charge on any atom is 0.247 e. The summed E-state index contributed by atoms with van der Waals surface area (Å²) >= 11 is 0. The van der Waals surface area contributed by atoms with Gasteiger partial charge in [-0.3, -0.25) is 9.63 Å². The molecule has 0 spiro atoms. The highest BCUT2D eigenvalue weighted by Gasteiger charge is 2.04. The van der Waals surface area contributed by atoms with E-state index in [1.165, 1.54) is 11.1 Å². The molecule has 0 heterocycles. The van der Waals surface area contributed by atoms with Crippen molar-refractivity contribution in [3.8, 4) is 0 Å². The molecule has 0 saturated carbocycles. The lowest BCUT2D eigenvalue weighted by molar-refractivity contribution is -0.133. The second-order valence-corrected chi connectivity index (χ2v) is 4.89. The first-order valence-electron chi connectivity index (χ1n) is 6.66. The number of rotatable bonds is 5. The summed E-state index contributed by atoms with van der Waals surface area (Å²) in [7, 11) is 0. The molecule has 0 aliphatic heterocycles. The Morgan fingerprint density at radius 2 is 1.75 bits per heavy atom. The average molecular weight is 269 g/mol. The molecular weight excluding hydrogens is 250 g/mol. The Morgan fingerprint density at radius 3 is 2.45 bits per heavy atom. The fraction of sp³-hybridized carbons (Fsp3) is 0.235. The number of benzene rings is 2. The van der Waals surface area contributed by atoms with Crippen LogP contribution in [0.2, 0.25) is 0 Å². The molecular formula is C17H19NO2. The first kappa shape index (κ1) is 14.3. The molecule has 2 rings (SSSR count). The minimum Gasteiger partial charge on any atom is -0.272 e. The first-order chi connectivity index (χ1) is 9.65. The monoisotopic (exact) mass is 269 g/mol. The number of hydrogen-bond acceptors (Lipinski definition) is 2. The van der Waals surface area contributed by atoms with Gasteiger partial charge in [-0.1, -0.05) is 48.5 Å². The standard InChI is InChI=1S/C17H19NO2/c1-13-8-9-16(10-14(13)2)11-17(19)18-20-12-15-6-4-3-5-7-15/h3-10H,11-12H2,1-2H3,(H,18,19). The Kier molecular flexibility index (Phi) is 4.91. The number of amides is 1. The summed E-state index contributed by atoms with van der Waals surface area (Å²) in [5.41, 5.74) is 6.92. The molecule has 3 heteroatoms. The number of carbonyl (C=O) groups is 1. The van der Waals surface area contributed by atoms with Gasteiger partial charge in [-0.05, 0) is 36.1 Å². The number of hydrogen-bond donors (Lipinski definition) is 1. The van der Waals surface area contributed by atoms with Gasteiger partial charge in [-0.15, -0.1) is 0 Å². The van der Waals surface area contributed by atoms with Crippen molar-refractivity contribution in [2.45, 2.75) is 26.9 Å². The Labute approximate surface area is 119 Å². The molecule has 0 aromatic heterocycles. The largest absolute Gasteiger partial charge is 0.272 e. The van der Waals surface area contributed by atoms with Crippen LogP contribution in [0, 0.1) is 13.8 Å². The quantitative estimate of drug-likeness (QED) is 0.847. The summed E-state index contributed by atoms with van der Waals surface area (Å²) in [5, 5.41) is 0. The molecule has 0 atom stereocenters. The summed E-state index contributed by atoms with van der Waals surface area (Å²) in [4.78, 5) is 17.0. The zero-order valence-electron chi connectivity index (χ0n) is 11.8. The predicted molar refractivity (Wildman–Crippen MR) is 79.0 cm³/mol. The molecule has 0 bridgehead atoms. The molecule has 0 aliphatic rings. The van der Waals surface area contributed by atoms with E-state index in [1.807, 2.05) is 55.5 Å². The van der Waals surface area contributed by atoms with Crippen LogP contribution in [0.4, 0.5) is 0 Å². The van der Waals surface area contributed by atoms with Crippen LogP contribution < -0.4 is 5.48 Å². The maximum atomic E-state index is 11.8. The van der Waals surface area contributed by atoms with Crippen molar-refractivity contribution < 1.29 is 9.63 Å². The van der Waals surface area contributed by atoms with Gasteiger partial charge in [0.05, 0.1) is 13.0 Å². The van der Waals surface area contributed by atoms with Crippen LogP contribution >= 0.6 is 0 Å². The van der Waals surface area contributed by atoms with Gasteiger partial charge in [0.25, 0.3) is 0 Å².